The van der Waals surface area contributed by atoms with Crippen LogP contribution < -0.4 is 0 Å². The summed E-state index contributed by atoms with van der Waals surface area (Å²) in [5.41, 5.74) is -1.08. The Labute approximate surface area is 98.7 Å². The predicted molar refractivity (Wildman–Crippen MR) is 57.2 cm³/mol. The van der Waals surface area contributed by atoms with Crippen molar-refractivity contribution in [2.75, 3.05) is 0 Å². The Balaban J connectivity index is 2.63. The molecule has 0 fully saturated rings. The van der Waals surface area contributed by atoms with Crippen molar-refractivity contribution in [2.24, 2.45) is 0 Å². The van der Waals surface area contributed by atoms with Crippen molar-refractivity contribution in [3.05, 3.63) is 40.7 Å². The molecule has 2 aromatic rings. The first-order valence-corrected chi connectivity index (χ1v) is 5.49. The van der Waals surface area contributed by atoms with Gasteiger partial charge >= 0.3 is 6.18 Å². The lowest BCUT2D eigenvalue weighted by Gasteiger charge is -2.10. The highest BCUT2D eigenvalue weighted by Crippen LogP contribution is 2.38. The molecule has 2 rings (SSSR count). The van der Waals surface area contributed by atoms with Crippen LogP contribution in [0.3, 0.4) is 0 Å². The SMILES string of the molecule is Cc1cnc(-c2cc(F)ccc2C(F)(F)F)s1. The largest absolute Gasteiger partial charge is 0.417 e. The van der Waals surface area contributed by atoms with Crippen LogP contribution in [0.15, 0.2) is 24.4 Å². The molecule has 17 heavy (non-hydrogen) atoms. The smallest absolute Gasteiger partial charge is 0.244 e. The zero-order chi connectivity index (χ0) is 12.6. The van der Waals surface area contributed by atoms with E-state index >= 15 is 0 Å². The average molecular weight is 261 g/mol. The number of aromatic nitrogens is 1. The molecule has 0 unspecified atom stereocenters. The fourth-order valence-corrected chi connectivity index (χ4v) is 2.21. The van der Waals surface area contributed by atoms with Crippen LogP contribution in [0.5, 0.6) is 0 Å². The molecule has 0 aliphatic rings. The molecule has 1 heterocycles. The van der Waals surface area contributed by atoms with Gasteiger partial charge in [-0.05, 0) is 25.1 Å². The molecule has 0 amide bonds. The highest BCUT2D eigenvalue weighted by molar-refractivity contribution is 7.14. The first kappa shape index (κ1) is 12.0. The van der Waals surface area contributed by atoms with Gasteiger partial charge in [-0.1, -0.05) is 0 Å². The van der Waals surface area contributed by atoms with Crippen LogP contribution in [0.1, 0.15) is 10.4 Å². The Morgan fingerprint density at radius 3 is 2.47 bits per heavy atom. The van der Waals surface area contributed by atoms with Gasteiger partial charge in [-0.3, -0.25) is 0 Å². The Hall–Kier alpha value is -1.43. The molecule has 0 radical (unpaired) electrons. The minimum absolute atomic E-state index is 0.175. The van der Waals surface area contributed by atoms with Crippen molar-refractivity contribution in [3.63, 3.8) is 0 Å². The number of hydrogen-bond donors (Lipinski definition) is 0. The lowest BCUT2D eigenvalue weighted by atomic mass is 10.1. The zero-order valence-corrected chi connectivity index (χ0v) is 9.49. The van der Waals surface area contributed by atoms with Gasteiger partial charge in [-0.15, -0.1) is 11.3 Å². The van der Waals surface area contributed by atoms with Gasteiger partial charge in [-0.2, -0.15) is 13.2 Å². The second kappa shape index (κ2) is 4.10. The van der Waals surface area contributed by atoms with E-state index in [4.69, 9.17) is 0 Å². The Kier molecular flexibility index (Phi) is 2.91. The third-order valence-electron chi connectivity index (χ3n) is 2.14. The van der Waals surface area contributed by atoms with E-state index in [-0.39, 0.29) is 10.6 Å². The van der Waals surface area contributed by atoms with E-state index in [2.05, 4.69) is 4.98 Å². The van der Waals surface area contributed by atoms with Gasteiger partial charge in [0.05, 0.1) is 5.56 Å². The fraction of sp³-hybridized carbons (Fsp3) is 0.182. The molecule has 0 atom stereocenters. The number of hydrogen-bond acceptors (Lipinski definition) is 2. The van der Waals surface area contributed by atoms with Crippen molar-refractivity contribution < 1.29 is 17.6 Å². The van der Waals surface area contributed by atoms with Crippen molar-refractivity contribution in [3.8, 4) is 10.6 Å². The summed E-state index contributed by atoms with van der Waals surface area (Å²) in [6.07, 6.45) is -3.05. The number of benzene rings is 1. The van der Waals surface area contributed by atoms with Crippen LogP contribution in [0, 0.1) is 12.7 Å². The summed E-state index contributed by atoms with van der Waals surface area (Å²) < 4.78 is 51.2. The molecular formula is C11H7F4NS. The highest BCUT2D eigenvalue weighted by Gasteiger charge is 2.34. The normalized spacial score (nSPS) is 11.8. The monoisotopic (exact) mass is 261 g/mol. The minimum Gasteiger partial charge on any atom is -0.244 e. The van der Waals surface area contributed by atoms with Crippen molar-refractivity contribution in [1.29, 1.82) is 0 Å². The summed E-state index contributed by atoms with van der Waals surface area (Å²) >= 11 is 1.10. The van der Waals surface area contributed by atoms with Crippen LogP contribution >= 0.6 is 11.3 Å². The van der Waals surface area contributed by atoms with E-state index < -0.39 is 17.6 Å². The number of rotatable bonds is 1. The molecule has 0 bridgehead atoms. The maximum Gasteiger partial charge on any atom is 0.417 e. The van der Waals surface area contributed by atoms with Crippen LogP contribution in [0.4, 0.5) is 17.6 Å². The molecule has 0 aliphatic carbocycles. The van der Waals surface area contributed by atoms with Crippen molar-refractivity contribution in [2.45, 2.75) is 13.1 Å². The number of halogens is 4. The molecule has 1 aromatic carbocycles. The minimum atomic E-state index is -4.51. The van der Waals surface area contributed by atoms with Crippen LogP contribution in [-0.4, -0.2) is 4.98 Å². The standard InChI is InChI=1S/C11H7F4NS/c1-6-5-16-10(17-6)8-4-7(12)2-3-9(8)11(13,14)15/h2-5H,1H3. The number of nitrogens with zero attached hydrogens (tertiary/aromatic N) is 1. The quantitative estimate of drug-likeness (QED) is 0.698. The fourth-order valence-electron chi connectivity index (χ4n) is 1.42. The van der Waals surface area contributed by atoms with Gasteiger partial charge in [0.2, 0.25) is 0 Å². The van der Waals surface area contributed by atoms with Crippen LogP contribution in [0.2, 0.25) is 0 Å². The highest BCUT2D eigenvalue weighted by atomic mass is 32.1. The van der Waals surface area contributed by atoms with Crippen molar-refractivity contribution in [1.82, 2.24) is 4.98 Å². The molecule has 1 aromatic heterocycles. The Morgan fingerprint density at radius 1 is 1.24 bits per heavy atom. The van der Waals surface area contributed by atoms with Gasteiger partial charge in [-0.25, -0.2) is 9.37 Å². The molecule has 90 valence electrons. The van der Waals surface area contributed by atoms with Crippen molar-refractivity contribution >= 4 is 11.3 Å². The first-order chi connectivity index (χ1) is 7.88. The summed E-state index contributed by atoms with van der Waals surface area (Å²) in [6.45, 7) is 1.73. The van der Waals surface area contributed by atoms with E-state index in [1.807, 2.05) is 0 Å². The van der Waals surface area contributed by atoms with Gasteiger partial charge in [0.25, 0.3) is 0 Å². The molecule has 0 N–H and O–H groups in total. The van der Waals surface area contributed by atoms with Gasteiger partial charge in [0.15, 0.2) is 0 Å². The van der Waals surface area contributed by atoms with E-state index in [0.29, 0.717) is 0 Å². The number of aryl methyl sites for hydroxylation is 1. The second-order valence-electron chi connectivity index (χ2n) is 3.46. The van der Waals surface area contributed by atoms with Crippen LogP contribution in [0.25, 0.3) is 10.6 Å². The summed E-state index contributed by atoms with van der Waals surface area (Å²) in [5, 5.41) is 0.175. The molecular weight excluding hydrogens is 254 g/mol. The Bertz CT molecular complexity index is 545. The molecule has 6 heteroatoms. The lowest BCUT2D eigenvalue weighted by molar-refractivity contribution is -0.137. The van der Waals surface area contributed by atoms with Gasteiger partial charge < -0.3 is 0 Å². The summed E-state index contributed by atoms with van der Waals surface area (Å²) in [6, 6.07) is 2.40. The molecule has 0 aliphatic heterocycles. The van der Waals surface area contributed by atoms with E-state index in [0.717, 1.165) is 34.4 Å². The third-order valence-corrected chi connectivity index (χ3v) is 3.08. The Morgan fingerprint density at radius 2 is 1.94 bits per heavy atom. The van der Waals surface area contributed by atoms with Crippen LogP contribution in [-0.2, 0) is 6.18 Å². The summed E-state index contributed by atoms with van der Waals surface area (Å²) in [5.74, 6) is -0.708. The number of alkyl halides is 3. The first-order valence-electron chi connectivity index (χ1n) is 4.67. The topological polar surface area (TPSA) is 12.9 Å². The summed E-state index contributed by atoms with van der Waals surface area (Å²) in [7, 11) is 0. The van der Waals surface area contributed by atoms with Gasteiger partial charge in [0, 0.05) is 16.6 Å². The number of thiazole rings is 1. The molecule has 0 saturated heterocycles. The molecule has 0 spiro atoms. The maximum atomic E-state index is 13.0. The third kappa shape index (κ3) is 2.46. The maximum absolute atomic E-state index is 13.0. The molecule has 1 nitrogen and oxygen atoms in total. The second-order valence-corrected chi connectivity index (χ2v) is 4.70. The summed E-state index contributed by atoms with van der Waals surface area (Å²) in [4.78, 5) is 4.63. The van der Waals surface area contributed by atoms with Gasteiger partial charge in [0.1, 0.15) is 10.8 Å². The van der Waals surface area contributed by atoms with E-state index in [1.165, 1.54) is 6.20 Å². The average Bonchev–Trinajstić information content (AvgIpc) is 2.62. The van der Waals surface area contributed by atoms with E-state index in [1.54, 1.807) is 6.92 Å². The lowest BCUT2D eigenvalue weighted by Crippen LogP contribution is -2.07. The molecule has 0 saturated carbocycles. The zero-order valence-electron chi connectivity index (χ0n) is 8.68. The predicted octanol–water partition coefficient (Wildman–Crippen LogP) is 4.28. The van der Waals surface area contributed by atoms with E-state index in [9.17, 15) is 17.6 Å².